The predicted octanol–water partition coefficient (Wildman–Crippen LogP) is 2.14. The summed E-state index contributed by atoms with van der Waals surface area (Å²) < 4.78 is 2.25. The molecule has 2 N–H and O–H groups in total. The van der Waals surface area contributed by atoms with Crippen LogP contribution >= 0.6 is 0 Å². The highest BCUT2D eigenvalue weighted by Crippen LogP contribution is 2.23. The van der Waals surface area contributed by atoms with Crippen molar-refractivity contribution < 1.29 is 9.90 Å². The molecule has 0 aromatic carbocycles. The van der Waals surface area contributed by atoms with Gasteiger partial charge in [0.2, 0.25) is 0 Å². The fourth-order valence-electron chi connectivity index (χ4n) is 3.44. The maximum Gasteiger partial charge on any atom is 0.317 e. The molecule has 1 saturated carbocycles. The highest BCUT2D eigenvalue weighted by Gasteiger charge is 2.26. The molecule has 21 heavy (non-hydrogen) atoms. The van der Waals surface area contributed by atoms with Crippen molar-refractivity contribution in [3.8, 4) is 0 Å². The molecule has 1 aliphatic heterocycles. The minimum absolute atomic E-state index is 0.0716. The second-order valence-electron chi connectivity index (χ2n) is 6.30. The lowest BCUT2D eigenvalue weighted by molar-refractivity contribution is 0.113. The maximum absolute atomic E-state index is 12.3. The van der Waals surface area contributed by atoms with E-state index in [-0.39, 0.29) is 18.2 Å². The number of rotatable bonds is 2. The number of aliphatic hydroxyl groups is 1. The number of aromatic nitrogens is 1. The monoisotopic (exact) mass is 291 g/mol. The molecule has 0 unspecified atom stereocenters. The molecule has 0 radical (unpaired) electrons. The Morgan fingerprint density at radius 1 is 1.00 bits per heavy atom. The van der Waals surface area contributed by atoms with Gasteiger partial charge in [-0.15, -0.1) is 0 Å². The molecule has 3 rings (SSSR count). The molecule has 116 valence electrons. The Morgan fingerprint density at radius 3 is 2.24 bits per heavy atom. The van der Waals surface area contributed by atoms with Crippen molar-refractivity contribution in [2.75, 3.05) is 13.1 Å². The zero-order valence-corrected chi connectivity index (χ0v) is 12.4. The van der Waals surface area contributed by atoms with Gasteiger partial charge in [-0.05, 0) is 50.7 Å². The Labute approximate surface area is 125 Å². The van der Waals surface area contributed by atoms with E-state index in [1.807, 2.05) is 4.90 Å². The summed E-state index contributed by atoms with van der Waals surface area (Å²) in [6.07, 6.45) is 9.48. The van der Waals surface area contributed by atoms with Gasteiger partial charge in [0.1, 0.15) is 0 Å². The number of carbonyl (C=O) groups excluding carboxylic acids is 1. The summed E-state index contributed by atoms with van der Waals surface area (Å²) in [4.78, 5) is 14.2. The average molecular weight is 291 g/mol. The van der Waals surface area contributed by atoms with Crippen LogP contribution < -0.4 is 5.32 Å². The van der Waals surface area contributed by atoms with Crippen LogP contribution in [0.2, 0.25) is 0 Å². The van der Waals surface area contributed by atoms with E-state index >= 15 is 0 Å². The standard InChI is InChI=1S/C16H25N3O2/c20-15-5-3-13(4-6-15)17-16(21)19-11-7-14(8-12-19)18-9-1-2-10-18/h1-2,9-10,13-15,20H,3-8,11-12H2,(H,17,21). The average Bonchev–Trinajstić information content (AvgIpc) is 3.04. The zero-order valence-electron chi connectivity index (χ0n) is 12.4. The van der Waals surface area contributed by atoms with Gasteiger partial charge in [-0.3, -0.25) is 0 Å². The van der Waals surface area contributed by atoms with Crippen molar-refractivity contribution >= 4 is 6.03 Å². The van der Waals surface area contributed by atoms with Crippen LogP contribution in [0.1, 0.15) is 44.6 Å². The number of urea groups is 1. The van der Waals surface area contributed by atoms with Crippen LogP contribution in [0.15, 0.2) is 24.5 Å². The molecule has 1 aromatic rings. The molecule has 1 saturated heterocycles. The normalized spacial score (nSPS) is 27.6. The summed E-state index contributed by atoms with van der Waals surface area (Å²) in [5.74, 6) is 0. The van der Waals surface area contributed by atoms with Crippen LogP contribution in [0.3, 0.4) is 0 Å². The second kappa shape index (κ2) is 6.52. The second-order valence-corrected chi connectivity index (χ2v) is 6.30. The largest absolute Gasteiger partial charge is 0.393 e. The third kappa shape index (κ3) is 3.59. The van der Waals surface area contributed by atoms with Gasteiger partial charge in [-0.2, -0.15) is 0 Å². The number of aliphatic hydroxyl groups excluding tert-OH is 1. The Bertz CT molecular complexity index is 444. The highest BCUT2D eigenvalue weighted by atomic mass is 16.3. The summed E-state index contributed by atoms with van der Waals surface area (Å²) in [7, 11) is 0. The molecule has 0 bridgehead atoms. The summed E-state index contributed by atoms with van der Waals surface area (Å²) in [5, 5.41) is 12.6. The van der Waals surface area contributed by atoms with Gasteiger partial charge in [0.15, 0.2) is 0 Å². The van der Waals surface area contributed by atoms with Crippen molar-refractivity contribution in [2.24, 2.45) is 0 Å². The molecule has 2 heterocycles. The summed E-state index contributed by atoms with van der Waals surface area (Å²) >= 11 is 0. The van der Waals surface area contributed by atoms with E-state index < -0.39 is 0 Å². The van der Waals surface area contributed by atoms with Crippen molar-refractivity contribution in [1.29, 1.82) is 0 Å². The third-order valence-corrected chi connectivity index (χ3v) is 4.83. The van der Waals surface area contributed by atoms with Crippen molar-refractivity contribution in [1.82, 2.24) is 14.8 Å². The molecule has 5 heteroatoms. The van der Waals surface area contributed by atoms with E-state index in [1.54, 1.807) is 0 Å². The quantitative estimate of drug-likeness (QED) is 0.877. The number of nitrogens with one attached hydrogen (secondary N) is 1. The van der Waals surface area contributed by atoms with E-state index in [2.05, 4.69) is 34.4 Å². The zero-order chi connectivity index (χ0) is 14.7. The van der Waals surface area contributed by atoms with E-state index in [1.165, 1.54) is 0 Å². The first-order chi connectivity index (χ1) is 10.2. The van der Waals surface area contributed by atoms with Crippen LogP contribution in [-0.2, 0) is 0 Å². The fourth-order valence-corrected chi connectivity index (χ4v) is 3.44. The predicted molar refractivity (Wildman–Crippen MR) is 81.1 cm³/mol. The molecule has 2 amide bonds. The van der Waals surface area contributed by atoms with Crippen LogP contribution in [0.4, 0.5) is 4.79 Å². The van der Waals surface area contributed by atoms with Gasteiger partial charge in [0.25, 0.3) is 0 Å². The Balaban J connectivity index is 1.44. The number of piperidine rings is 1. The van der Waals surface area contributed by atoms with E-state index in [0.29, 0.717) is 6.04 Å². The van der Waals surface area contributed by atoms with E-state index in [0.717, 1.165) is 51.6 Å². The molecular formula is C16H25N3O2. The minimum Gasteiger partial charge on any atom is -0.393 e. The fraction of sp³-hybridized carbons (Fsp3) is 0.688. The first kappa shape index (κ1) is 14.4. The first-order valence-electron chi connectivity index (χ1n) is 8.08. The van der Waals surface area contributed by atoms with Gasteiger partial charge in [-0.1, -0.05) is 0 Å². The molecule has 1 aliphatic carbocycles. The Morgan fingerprint density at radius 2 is 1.62 bits per heavy atom. The smallest absolute Gasteiger partial charge is 0.317 e. The van der Waals surface area contributed by atoms with Gasteiger partial charge in [0.05, 0.1) is 6.10 Å². The minimum atomic E-state index is -0.171. The molecule has 0 atom stereocenters. The van der Waals surface area contributed by atoms with Gasteiger partial charge >= 0.3 is 6.03 Å². The third-order valence-electron chi connectivity index (χ3n) is 4.83. The Kier molecular flexibility index (Phi) is 4.48. The summed E-state index contributed by atoms with van der Waals surface area (Å²) in [6, 6.07) is 4.94. The molecule has 0 spiro atoms. The lowest BCUT2D eigenvalue weighted by Crippen LogP contribution is -2.49. The van der Waals surface area contributed by atoms with Crippen molar-refractivity contribution in [3.63, 3.8) is 0 Å². The highest BCUT2D eigenvalue weighted by molar-refractivity contribution is 5.74. The number of hydrogen-bond acceptors (Lipinski definition) is 2. The van der Waals surface area contributed by atoms with Gasteiger partial charge < -0.3 is 19.9 Å². The Hall–Kier alpha value is -1.49. The molecule has 2 fully saturated rings. The number of amides is 2. The summed E-state index contributed by atoms with van der Waals surface area (Å²) in [5.41, 5.74) is 0. The van der Waals surface area contributed by atoms with E-state index in [4.69, 9.17) is 0 Å². The maximum atomic E-state index is 12.3. The van der Waals surface area contributed by atoms with Gasteiger partial charge in [0, 0.05) is 37.6 Å². The van der Waals surface area contributed by atoms with Crippen LogP contribution in [0, 0.1) is 0 Å². The molecule has 2 aliphatic rings. The van der Waals surface area contributed by atoms with Crippen LogP contribution in [-0.4, -0.2) is 45.8 Å². The lowest BCUT2D eigenvalue weighted by Gasteiger charge is -2.35. The number of nitrogens with zero attached hydrogens (tertiary/aromatic N) is 2. The van der Waals surface area contributed by atoms with Crippen LogP contribution in [0.25, 0.3) is 0 Å². The van der Waals surface area contributed by atoms with Crippen molar-refractivity contribution in [3.05, 3.63) is 24.5 Å². The number of carbonyl (C=O) groups is 1. The molecule has 1 aromatic heterocycles. The SMILES string of the molecule is O=C(NC1CCC(O)CC1)N1CCC(n2cccc2)CC1. The number of likely N-dealkylation sites (tertiary alicyclic amines) is 1. The van der Waals surface area contributed by atoms with Crippen molar-refractivity contribution in [2.45, 2.75) is 56.7 Å². The van der Waals surface area contributed by atoms with Gasteiger partial charge in [-0.25, -0.2) is 4.79 Å². The van der Waals surface area contributed by atoms with Crippen LogP contribution in [0.5, 0.6) is 0 Å². The molecular weight excluding hydrogens is 266 g/mol. The van der Waals surface area contributed by atoms with E-state index in [9.17, 15) is 9.90 Å². The first-order valence-corrected chi connectivity index (χ1v) is 8.08. The summed E-state index contributed by atoms with van der Waals surface area (Å²) in [6.45, 7) is 1.65. The lowest BCUT2D eigenvalue weighted by atomic mass is 9.93. The number of hydrogen-bond donors (Lipinski definition) is 2. The topological polar surface area (TPSA) is 57.5 Å². The molecule has 5 nitrogen and oxygen atoms in total.